The third-order valence-electron chi connectivity index (χ3n) is 6.43. The minimum absolute atomic E-state index is 0.0433. The maximum Gasteiger partial charge on any atom is 0.264 e. The van der Waals surface area contributed by atoms with Gasteiger partial charge in [-0.2, -0.15) is 0 Å². The normalized spacial score (nSPS) is 11.8. The molecule has 0 saturated carbocycles. The molecule has 0 heterocycles. The Hall–Kier alpha value is -4.05. The molecule has 3 aromatic carbocycles. The Kier molecular flexibility index (Phi) is 10.6. The number of nitrogens with zero attached hydrogens (tertiary/aromatic N) is 2. The zero-order valence-electron chi connectivity index (χ0n) is 23.6. The number of amides is 2. The van der Waals surface area contributed by atoms with Crippen LogP contribution in [0.25, 0.3) is 0 Å². The van der Waals surface area contributed by atoms with Crippen LogP contribution in [-0.4, -0.2) is 58.5 Å². The van der Waals surface area contributed by atoms with E-state index >= 15 is 0 Å². The second-order valence-electron chi connectivity index (χ2n) is 9.37. The molecular formula is C30H37N3O6S. The van der Waals surface area contributed by atoms with E-state index < -0.39 is 28.5 Å². The molecule has 0 aliphatic carbocycles. The van der Waals surface area contributed by atoms with Crippen molar-refractivity contribution in [3.63, 3.8) is 0 Å². The van der Waals surface area contributed by atoms with Crippen LogP contribution in [0.3, 0.4) is 0 Å². The fourth-order valence-corrected chi connectivity index (χ4v) is 5.48. The second-order valence-corrected chi connectivity index (χ2v) is 11.2. The minimum Gasteiger partial charge on any atom is -0.497 e. The van der Waals surface area contributed by atoms with Crippen LogP contribution in [0.2, 0.25) is 0 Å². The summed E-state index contributed by atoms with van der Waals surface area (Å²) in [7, 11) is -1.13. The number of carbonyl (C=O) groups is 2. The molecule has 3 aromatic rings. The van der Waals surface area contributed by atoms with Gasteiger partial charge >= 0.3 is 0 Å². The van der Waals surface area contributed by atoms with Gasteiger partial charge in [0.1, 0.15) is 24.1 Å². The summed E-state index contributed by atoms with van der Waals surface area (Å²) in [4.78, 5) is 28.4. The highest BCUT2D eigenvalue weighted by atomic mass is 32.2. The Morgan fingerprint density at radius 3 is 2.17 bits per heavy atom. The topological polar surface area (TPSA) is 105 Å². The van der Waals surface area contributed by atoms with Crippen LogP contribution in [-0.2, 0) is 26.2 Å². The SMILES string of the molecule is CCCNC(=O)[C@H](C)N(Cc1cccc(OC)c1)C(=O)CN(c1cccc(OC)c1)S(=O)(=O)c1ccc(C)cc1. The van der Waals surface area contributed by atoms with Crippen LogP contribution in [0, 0.1) is 6.92 Å². The van der Waals surface area contributed by atoms with Gasteiger partial charge in [0.15, 0.2) is 0 Å². The molecule has 0 bridgehead atoms. The molecule has 2 amide bonds. The number of methoxy groups -OCH3 is 2. The Morgan fingerprint density at radius 2 is 1.55 bits per heavy atom. The first kappa shape index (κ1) is 30.5. The largest absolute Gasteiger partial charge is 0.497 e. The van der Waals surface area contributed by atoms with E-state index in [-0.39, 0.29) is 23.0 Å². The Bertz CT molecular complexity index is 1410. The molecule has 1 N–H and O–H groups in total. The lowest BCUT2D eigenvalue weighted by Crippen LogP contribution is -2.51. The molecule has 0 spiro atoms. The molecule has 40 heavy (non-hydrogen) atoms. The summed E-state index contributed by atoms with van der Waals surface area (Å²) >= 11 is 0. The van der Waals surface area contributed by atoms with E-state index in [1.807, 2.05) is 19.9 Å². The summed E-state index contributed by atoms with van der Waals surface area (Å²) in [5.41, 5.74) is 1.90. The zero-order chi connectivity index (χ0) is 29.3. The van der Waals surface area contributed by atoms with Gasteiger partial charge < -0.3 is 19.7 Å². The lowest BCUT2D eigenvalue weighted by Gasteiger charge is -2.32. The van der Waals surface area contributed by atoms with Gasteiger partial charge in [0.2, 0.25) is 11.8 Å². The molecule has 0 aromatic heterocycles. The average Bonchev–Trinajstić information content (AvgIpc) is 2.97. The van der Waals surface area contributed by atoms with Crippen molar-refractivity contribution >= 4 is 27.5 Å². The second kappa shape index (κ2) is 13.8. The van der Waals surface area contributed by atoms with Gasteiger partial charge in [0, 0.05) is 19.2 Å². The summed E-state index contributed by atoms with van der Waals surface area (Å²) < 4.78 is 39.5. The van der Waals surface area contributed by atoms with Gasteiger partial charge in [-0.15, -0.1) is 0 Å². The molecule has 214 valence electrons. The standard InChI is InChI=1S/C30H37N3O6S/c1-6-17-31-30(35)23(3)32(20-24-9-7-11-26(18-24)38-4)29(34)21-33(25-10-8-12-27(19-25)39-5)40(36,37)28-15-13-22(2)14-16-28/h7-16,18-19,23H,6,17,20-21H2,1-5H3,(H,31,35)/t23-/m0/s1. The number of benzene rings is 3. The number of hydrogen-bond acceptors (Lipinski definition) is 6. The van der Waals surface area contributed by atoms with Crippen LogP contribution >= 0.6 is 0 Å². The van der Waals surface area contributed by atoms with Crippen molar-refractivity contribution in [2.24, 2.45) is 0 Å². The van der Waals surface area contributed by atoms with E-state index in [9.17, 15) is 18.0 Å². The number of ether oxygens (including phenoxy) is 2. The van der Waals surface area contributed by atoms with Crippen molar-refractivity contribution in [1.82, 2.24) is 10.2 Å². The van der Waals surface area contributed by atoms with E-state index in [0.29, 0.717) is 18.0 Å². The number of sulfonamides is 1. The van der Waals surface area contributed by atoms with Gasteiger partial charge in [-0.1, -0.05) is 42.8 Å². The van der Waals surface area contributed by atoms with Crippen LogP contribution in [0.4, 0.5) is 5.69 Å². The molecule has 0 aliphatic heterocycles. The summed E-state index contributed by atoms with van der Waals surface area (Å²) in [6.07, 6.45) is 0.737. The van der Waals surface area contributed by atoms with Gasteiger partial charge in [0.05, 0.1) is 24.8 Å². The fraction of sp³-hybridized carbons (Fsp3) is 0.333. The third-order valence-corrected chi connectivity index (χ3v) is 8.22. The quantitative estimate of drug-likeness (QED) is 0.333. The zero-order valence-corrected chi connectivity index (χ0v) is 24.4. The average molecular weight is 568 g/mol. The van der Waals surface area contributed by atoms with E-state index in [4.69, 9.17) is 9.47 Å². The number of nitrogens with one attached hydrogen (secondary N) is 1. The molecular weight excluding hydrogens is 530 g/mol. The molecule has 0 fully saturated rings. The smallest absolute Gasteiger partial charge is 0.264 e. The van der Waals surface area contributed by atoms with Crippen molar-refractivity contribution in [3.05, 3.63) is 83.9 Å². The van der Waals surface area contributed by atoms with Crippen LogP contribution in [0.15, 0.2) is 77.7 Å². The first-order valence-corrected chi connectivity index (χ1v) is 14.5. The highest BCUT2D eigenvalue weighted by Gasteiger charge is 2.32. The van der Waals surface area contributed by atoms with Gasteiger partial charge in [-0.25, -0.2) is 8.42 Å². The fourth-order valence-electron chi connectivity index (χ4n) is 4.08. The van der Waals surface area contributed by atoms with Crippen LogP contribution in [0.5, 0.6) is 11.5 Å². The predicted octanol–water partition coefficient (Wildman–Crippen LogP) is 4.15. The molecule has 1 atom stereocenters. The van der Waals surface area contributed by atoms with E-state index in [0.717, 1.165) is 21.9 Å². The Morgan fingerprint density at radius 1 is 0.925 bits per heavy atom. The maximum absolute atomic E-state index is 14.0. The van der Waals surface area contributed by atoms with E-state index in [1.165, 1.54) is 24.1 Å². The van der Waals surface area contributed by atoms with Crippen LogP contribution in [0.1, 0.15) is 31.4 Å². The third kappa shape index (κ3) is 7.53. The summed E-state index contributed by atoms with van der Waals surface area (Å²) in [5.74, 6) is 0.176. The number of carbonyl (C=O) groups excluding carboxylic acids is 2. The van der Waals surface area contributed by atoms with Gasteiger partial charge in [-0.3, -0.25) is 13.9 Å². The molecule has 0 saturated heterocycles. The van der Waals surface area contributed by atoms with Crippen molar-refractivity contribution in [1.29, 1.82) is 0 Å². The van der Waals surface area contributed by atoms with E-state index in [2.05, 4.69) is 5.32 Å². The van der Waals surface area contributed by atoms with Crippen molar-refractivity contribution in [2.45, 2.75) is 44.7 Å². The number of aryl methyl sites for hydroxylation is 1. The molecule has 10 heteroatoms. The molecule has 0 unspecified atom stereocenters. The number of hydrogen-bond donors (Lipinski definition) is 1. The summed E-state index contributed by atoms with van der Waals surface area (Å²) in [6.45, 7) is 5.44. The molecule has 0 aliphatic rings. The first-order valence-electron chi connectivity index (χ1n) is 13.0. The van der Waals surface area contributed by atoms with E-state index in [1.54, 1.807) is 68.6 Å². The highest BCUT2D eigenvalue weighted by molar-refractivity contribution is 7.92. The molecule has 3 rings (SSSR count). The van der Waals surface area contributed by atoms with Gasteiger partial charge in [0.25, 0.3) is 10.0 Å². The summed E-state index contributed by atoms with van der Waals surface area (Å²) in [5, 5.41) is 2.83. The number of anilines is 1. The maximum atomic E-state index is 14.0. The predicted molar refractivity (Wildman–Crippen MR) is 155 cm³/mol. The first-order chi connectivity index (χ1) is 19.1. The van der Waals surface area contributed by atoms with Crippen molar-refractivity contribution in [3.8, 4) is 11.5 Å². The lowest BCUT2D eigenvalue weighted by atomic mass is 10.1. The Labute approximate surface area is 236 Å². The number of rotatable bonds is 13. The van der Waals surface area contributed by atoms with Crippen LogP contribution < -0.4 is 19.1 Å². The summed E-state index contributed by atoms with van der Waals surface area (Å²) in [6, 6.07) is 19.3. The van der Waals surface area contributed by atoms with Crippen molar-refractivity contribution in [2.75, 3.05) is 31.6 Å². The monoisotopic (exact) mass is 567 g/mol. The lowest BCUT2D eigenvalue weighted by molar-refractivity contribution is -0.139. The Balaban J connectivity index is 2.04. The molecule has 9 nitrogen and oxygen atoms in total. The highest BCUT2D eigenvalue weighted by Crippen LogP contribution is 2.28. The van der Waals surface area contributed by atoms with Gasteiger partial charge in [-0.05, 0) is 62.2 Å². The molecule has 0 radical (unpaired) electrons. The van der Waals surface area contributed by atoms with Crippen molar-refractivity contribution < 1.29 is 27.5 Å². The minimum atomic E-state index is -4.16.